The summed E-state index contributed by atoms with van der Waals surface area (Å²) in [6.45, 7) is 8.13. The van der Waals surface area contributed by atoms with Crippen molar-refractivity contribution in [2.75, 3.05) is 19.6 Å². The van der Waals surface area contributed by atoms with Crippen molar-refractivity contribution in [1.29, 1.82) is 0 Å². The molecule has 1 aromatic rings. The molecule has 0 radical (unpaired) electrons. The molecule has 0 atom stereocenters. The lowest BCUT2D eigenvalue weighted by Crippen LogP contribution is -2.33. The molecule has 1 rings (SSSR count). The van der Waals surface area contributed by atoms with Gasteiger partial charge in [0.2, 0.25) is 0 Å². The van der Waals surface area contributed by atoms with E-state index in [1.165, 1.54) is 6.26 Å². The summed E-state index contributed by atoms with van der Waals surface area (Å²) in [5, 5.41) is 5.86. The molecule has 118 valence electrons. The van der Waals surface area contributed by atoms with Crippen molar-refractivity contribution in [2.45, 2.75) is 33.6 Å². The molecule has 0 saturated carbocycles. The van der Waals surface area contributed by atoms with Crippen molar-refractivity contribution in [1.82, 2.24) is 10.6 Å². The van der Waals surface area contributed by atoms with Gasteiger partial charge in [-0.15, -0.1) is 0 Å². The molecule has 6 heteroatoms. The van der Waals surface area contributed by atoms with Gasteiger partial charge in [-0.2, -0.15) is 0 Å². The number of furan rings is 1. The fourth-order valence-electron chi connectivity index (χ4n) is 1.71. The van der Waals surface area contributed by atoms with Crippen LogP contribution in [0.4, 0.5) is 0 Å². The molecular weight excluding hydrogens is 268 g/mol. The summed E-state index contributed by atoms with van der Waals surface area (Å²) < 4.78 is 5.12. The van der Waals surface area contributed by atoms with Crippen LogP contribution in [0.3, 0.4) is 0 Å². The van der Waals surface area contributed by atoms with Crippen molar-refractivity contribution in [3.05, 3.63) is 23.7 Å². The highest BCUT2D eigenvalue weighted by molar-refractivity contribution is 5.92. The van der Waals surface area contributed by atoms with Gasteiger partial charge < -0.3 is 20.8 Å². The first-order valence-corrected chi connectivity index (χ1v) is 7.36. The standard InChI is InChI=1S/C15H26N4O2/c1-11(2)5-9-19-15(16)18-8-4-7-17-14(20)13-12(3)6-10-21-13/h6,10-11H,4-5,7-9H2,1-3H3,(H,17,20)(H3,16,18,19). The zero-order valence-electron chi connectivity index (χ0n) is 13.1. The molecule has 1 aromatic heterocycles. The molecule has 6 nitrogen and oxygen atoms in total. The van der Waals surface area contributed by atoms with Gasteiger partial charge in [0.25, 0.3) is 5.91 Å². The zero-order chi connectivity index (χ0) is 15.7. The summed E-state index contributed by atoms with van der Waals surface area (Å²) in [7, 11) is 0. The van der Waals surface area contributed by atoms with Crippen molar-refractivity contribution < 1.29 is 9.21 Å². The number of rotatable bonds is 8. The number of hydrogen-bond acceptors (Lipinski definition) is 3. The van der Waals surface area contributed by atoms with Crippen LogP contribution in [-0.4, -0.2) is 31.5 Å². The van der Waals surface area contributed by atoms with Crippen molar-refractivity contribution in [3.8, 4) is 0 Å². The molecule has 4 N–H and O–H groups in total. The lowest BCUT2D eigenvalue weighted by molar-refractivity contribution is 0.0925. The molecule has 0 saturated heterocycles. The SMILES string of the molecule is Cc1ccoc1C(=O)NCCCN=C(N)NCCC(C)C. The van der Waals surface area contributed by atoms with Crippen LogP contribution in [0.1, 0.15) is 42.8 Å². The van der Waals surface area contributed by atoms with E-state index in [1.807, 2.05) is 6.92 Å². The maximum Gasteiger partial charge on any atom is 0.287 e. The molecule has 0 aliphatic rings. The van der Waals surface area contributed by atoms with E-state index in [0.29, 0.717) is 30.7 Å². The number of nitrogens with one attached hydrogen (secondary N) is 2. The van der Waals surface area contributed by atoms with Gasteiger partial charge in [-0.25, -0.2) is 0 Å². The molecular formula is C15H26N4O2. The average Bonchev–Trinajstić information content (AvgIpc) is 2.84. The molecule has 0 spiro atoms. The summed E-state index contributed by atoms with van der Waals surface area (Å²) in [6, 6.07) is 1.77. The van der Waals surface area contributed by atoms with Crippen molar-refractivity contribution in [2.24, 2.45) is 16.6 Å². The molecule has 0 aliphatic carbocycles. The Labute approximate surface area is 126 Å². The number of aryl methyl sites for hydroxylation is 1. The van der Waals surface area contributed by atoms with Gasteiger partial charge in [0, 0.05) is 25.2 Å². The molecule has 0 bridgehead atoms. The number of guanidine groups is 1. The minimum absolute atomic E-state index is 0.190. The van der Waals surface area contributed by atoms with Gasteiger partial charge in [-0.05, 0) is 31.7 Å². The Morgan fingerprint density at radius 1 is 1.38 bits per heavy atom. The average molecular weight is 294 g/mol. The predicted octanol–water partition coefficient (Wildman–Crippen LogP) is 1.66. The Balaban J connectivity index is 2.14. The van der Waals surface area contributed by atoms with Gasteiger partial charge in [0.1, 0.15) is 0 Å². The second-order valence-corrected chi connectivity index (χ2v) is 5.42. The number of carbonyl (C=O) groups is 1. The van der Waals surface area contributed by atoms with Crippen LogP contribution in [-0.2, 0) is 0 Å². The molecule has 0 aromatic carbocycles. The summed E-state index contributed by atoms with van der Waals surface area (Å²) in [5.74, 6) is 1.28. The maximum atomic E-state index is 11.8. The van der Waals surface area contributed by atoms with E-state index in [0.717, 1.165) is 24.9 Å². The first-order valence-electron chi connectivity index (χ1n) is 7.36. The Kier molecular flexibility index (Phi) is 7.36. The largest absolute Gasteiger partial charge is 0.459 e. The van der Waals surface area contributed by atoms with Crippen LogP contribution >= 0.6 is 0 Å². The van der Waals surface area contributed by atoms with E-state index in [2.05, 4.69) is 29.5 Å². The number of nitrogens with two attached hydrogens (primary N) is 1. The van der Waals surface area contributed by atoms with Gasteiger partial charge in [0.05, 0.1) is 6.26 Å². The highest BCUT2D eigenvalue weighted by atomic mass is 16.3. The maximum absolute atomic E-state index is 11.8. The molecule has 0 unspecified atom stereocenters. The van der Waals surface area contributed by atoms with Crippen LogP contribution < -0.4 is 16.4 Å². The Morgan fingerprint density at radius 3 is 2.76 bits per heavy atom. The highest BCUT2D eigenvalue weighted by Crippen LogP contribution is 2.07. The number of amides is 1. The highest BCUT2D eigenvalue weighted by Gasteiger charge is 2.11. The third-order valence-electron chi connectivity index (χ3n) is 3.00. The monoisotopic (exact) mass is 294 g/mol. The van der Waals surface area contributed by atoms with Crippen LogP contribution in [0.2, 0.25) is 0 Å². The summed E-state index contributed by atoms with van der Waals surface area (Å²) >= 11 is 0. The zero-order valence-corrected chi connectivity index (χ0v) is 13.1. The lowest BCUT2D eigenvalue weighted by atomic mass is 10.1. The summed E-state index contributed by atoms with van der Waals surface area (Å²) in [4.78, 5) is 16.0. The van der Waals surface area contributed by atoms with Gasteiger partial charge in [0.15, 0.2) is 11.7 Å². The third kappa shape index (κ3) is 6.83. The molecule has 0 fully saturated rings. The fraction of sp³-hybridized carbons (Fsp3) is 0.600. The van der Waals surface area contributed by atoms with Crippen LogP contribution in [0.25, 0.3) is 0 Å². The molecule has 1 heterocycles. The Morgan fingerprint density at radius 2 is 2.14 bits per heavy atom. The van der Waals surface area contributed by atoms with Crippen LogP contribution in [0, 0.1) is 12.8 Å². The number of hydrogen-bond donors (Lipinski definition) is 3. The minimum atomic E-state index is -0.190. The molecule has 21 heavy (non-hydrogen) atoms. The summed E-state index contributed by atoms with van der Waals surface area (Å²) in [5.41, 5.74) is 6.57. The van der Waals surface area contributed by atoms with E-state index in [-0.39, 0.29) is 5.91 Å². The van der Waals surface area contributed by atoms with E-state index >= 15 is 0 Å². The Hall–Kier alpha value is -1.98. The second kappa shape index (κ2) is 9.05. The predicted molar refractivity (Wildman–Crippen MR) is 84.3 cm³/mol. The molecule has 0 aliphatic heterocycles. The van der Waals surface area contributed by atoms with Crippen LogP contribution in [0.5, 0.6) is 0 Å². The van der Waals surface area contributed by atoms with Crippen molar-refractivity contribution in [3.63, 3.8) is 0 Å². The summed E-state index contributed by atoms with van der Waals surface area (Å²) in [6.07, 6.45) is 3.31. The third-order valence-corrected chi connectivity index (χ3v) is 3.00. The van der Waals surface area contributed by atoms with Crippen LogP contribution in [0.15, 0.2) is 21.7 Å². The van der Waals surface area contributed by atoms with Gasteiger partial charge in [-0.1, -0.05) is 13.8 Å². The van der Waals surface area contributed by atoms with Gasteiger partial charge >= 0.3 is 0 Å². The quantitative estimate of drug-likeness (QED) is 0.386. The minimum Gasteiger partial charge on any atom is -0.459 e. The van der Waals surface area contributed by atoms with Gasteiger partial charge in [-0.3, -0.25) is 9.79 Å². The molecule has 1 amide bonds. The topological polar surface area (TPSA) is 92.7 Å². The normalized spacial score (nSPS) is 11.7. The van der Waals surface area contributed by atoms with E-state index in [4.69, 9.17) is 10.2 Å². The smallest absolute Gasteiger partial charge is 0.287 e. The number of carbonyl (C=O) groups excluding carboxylic acids is 1. The first-order chi connectivity index (χ1) is 10.0. The van der Waals surface area contributed by atoms with E-state index < -0.39 is 0 Å². The number of nitrogens with zero attached hydrogens (tertiary/aromatic N) is 1. The first kappa shape index (κ1) is 17.1. The van der Waals surface area contributed by atoms with E-state index in [1.54, 1.807) is 6.07 Å². The van der Waals surface area contributed by atoms with Crippen molar-refractivity contribution >= 4 is 11.9 Å². The second-order valence-electron chi connectivity index (χ2n) is 5.42. The number of aliphatic imine (C=N–C) groups is 1. The Bertz CT molecular complexity index is 466. The lowest BCUT2D eigenvalue weighted by Gasteiger charge is -2.07. The van der Waals surface area contributed by atoms with E-state index in [9.17, 15) is 4.79 Å². The fourth-order valence-corrected chi connectivity index (χ4v) is 1.71.